The molecule has 0 bridgehead atoms. The van der Waals surface area contributed by atoms with Gasteiger partial charge in [0.05, 0.1) is 31.0 Å². The number of ether oxygens (including phenoxy) is 5. The fourth-order valence-electron chi connectivity index (χ4n) is 2.76. The fraction of sp³-hybridized carbons (Fsp3) is 0.682. The first kappa shape index (κ1) is 25.8. The minimum absolute atomic E-state index is 0.0508. The van der Waals surface area contributed by atoms with Gasteiger partial charge in [-0.2, -0.15) is 0 Å². The van der Waals surface area contributed by atoms with Crippen molar-refractivity contribution in [1.82, 2.24) is 0 Å². The van der Waals surface area contributed by atoms with Gasteiger partial charge < -0.3 is 23.7 Å². The summed E-state index contributed by atoms with van der Waals surface area (Å²) in [6, 6.07) is 0. The lowest BCUT2D eigenvalue weighted by molar-refractivity contribution is -0.157. The second-order valence-electron chi connectivity index (χ2n) is 7.43. The van der Waals surface area contributed by atoms with E-state index in [0.717, 1.165) is 0 Å². The van der Waals surface area contributed by atoms with Gasteiger partial charge in [0, 0.05) is 26.1 Å². The SMILES string of the molecule is CO[C@@H]1COC(=O)C/C=C/[C@@H](C)[C@H](OC)COC(=O)[C@@H](C)COC(=O)C/C=C/[C@H]1C. The van der Waals surface area contributed by atoms with Crippen molar-refractivity contribution in [1.29, 1.82) is 0 Å². The molecule has 8 nitrogen and oxygen atoms in total. The molecule has 0 aromatic heterocycles. The maximum atomic E-state index is 12.1. The first-order valence-corrected chi connectivity index (χ1v) is 10.1. The average Bonchev–Trinajstić information content (AvgIpc) is 2.72. The van der Waals surface area contributed by atoms with E-state index >= 15 is 0 Å². The Morgan fingerprint density at radius 3 is 1.63 bits per heavy atom. The molecule has 0 radical (unpaired) electrons. The monoisotopic (exact) mass is 426 g/mol. The summed E-state index contributed by atoms with van der Waals surface area (Å²) in [4.78, 5) is 36.0. The van der Waals surface area contributed by atoms with Crippen LogP contribution in [0.25, 0.3) is 0 Å². The quantitative estimate of drug-likeness (QED) is 0.377. The lowest BCUT2D eigenvalue weighted by atomic mass is 10.0. The van der Waals surface area contributed by atoms with Gasteiger partial charge in [-0.25, -0.2) is 0 Å². The summed E-state index contributed by atoms with van der Waals surface area (Å²) in [5, 5.41) is 0. The lowest BCUT2D eigenvalue weighted by Crippen LogP contribution is -2.30. The number of hydrogen-bond acceptors (Lipinski definition) is 8. The molecule has 30 heavy (non-hydrogen) atoms. The van der Waals surface area contributed by atoms with E-state index in [-0.39, 0.29) is 62.7 Å². The third-order valence-electron chi connectivity index (χ3n) is 4.92. The third kappa shape index (κ3) is 9.54. The van der Waals surface area contributed by atoms with E-state index in [9.17, 15) is 14.4 Å². The van der Waals surface area contributed by atoms with Crippen LogP contribution < -0.4 is 0 Å². The van der Waals surface area contributed by atoms with E-state index in [1.54, 1.807) is 26.2 Å². The third-order valence-corrected chi connectivity index (χ3v) is 4.92. The van der Waals surface area contributed by atoms with Crippen LogP contribution >= 0.6 is 0 Å². The van der Waals surface area contributed by atoms with Crippen molar-refractivity contribution >= 4 is 17.9 Å². The summed E-state index contributed by atoms with van der Waals surface area (Å²) < 4.78 is 26.5. The summed E-state index contributed by atoms with van der Waals surface area (Å²) in [7, 11) is 3.07. The zero-order valence-corrected chi connectivity index (χ0v) is 18.5. The molecular weight excluding hydrogens is 392 g/mol. The number of carbonyl (C=O) groups excluding carboxylic acids is 3. The van der Waals surface area contributed by atoms with Crippen LogP contribution in [0.5, 0.6) is 0 Å². The smallest absolute Gasteiger partial charge is 0.312 e. The van der Waals surface area contributed by atoms with Gasteiger partial charge in [0.2, 0.25) is 0 Å². The summed E-state index contributed by atoms with van der Waals surface area (Å²) in [5.74, 6) is -2.03. The number of methoxy groups -OCH3 is 2. The van der Waals surface area contributed by atoms with E-state index in [2.05, 4.69) is 0 Å². The Morgan fingerprint density at radius 2 is 1.17 bits per heavy atom. The van der Waals surface area contributed by atoms with Crippen molar-refractivity contribution in [2.45, 2.75) is 45.8 Å². The summed E-state index contributed by atoms with van der Waals surface area (Å²) >= 11 is 0. The molecule has 0 aliphatic carbocycles. The van der Waals surface area contributed by atoms with Crippen LogP contribution in [-0.2, 0) is 38.1 Å². The zero-order chi connectivity index (χ0) is 22.5. The predicted octanol–water partition coefficient (Wildman–Crippen LogP) is 2.46. The number of esters is 3. The molecule has 1 aliphatic rings. The standard InChI is InChI=1S/C22H34O8/c1-15-8-6-10-20(23)28-12-17(3)22(25)30-14-19(27-5)16(2)9-7-11-21(24)29-13-18(15)26-4/h6-9,15-19H,10-14H2,1-5H3/b8-6+,9-7+/t15-,16-,17+,18-,19-/m1/s1. The van der Waals surface area contributed by atoms with Crippen LogP contribution in [-0.4, -0.2) is 64.2 Å². The van der Waals surface area contributed by atoms with Crippen LogP contribution in [0.3, 0.4) is 0 Å². The molecule has 0 amide bonds. The number of cyclic esters (lactones) is 3. The molecule has 0 spiro atoms. The second kappa shape index (κ2) is 13.9. The first-order valence-electron chi connectivity index (χ1n) is 10.1. The van der Waals surface area contributed by atoms with Gasteiger partial charge in [-0.3, -0.25) is 14.4 Å². The predicted molar refractivity (Wildman–Crippen MR) is 109 cm³/mol. The highest BCUT2D eigenvalue weighted by molar-refractivity contribution is 5.74. The van der Waals surface area contributed by atoms with E-state index in [4.69, 9.17) is 23.7 Å². The molecule has 0 aromatic carbocycles. The Balaban J connectivity index is 2.86. The second-order valence-corrected chi connectivity index (χ2v) is 7.43. The summed E-state index contributed by atoms with van der Waals surface area (Å²) in [6.07, 6.45) is 6.51. The van der Waals surface area contributed by atoms with Crippen molar-refractivity contribution in [3.63, 3.8) is 0 Å². The van der Waals surface area contributed by atoms with Gasteiger partial charge in [-0.1, -0.05) is 38.2 Å². The van der Waals surface area contributed by atoms with Gasteiger partial charge >= 0.3 is 17.9 Å². The molecular formula is C22H34O8. The Bertz CT molecular complexity index is 612. The van der Waals surface area contributed by atoms with Crippen LogP contribution in [0, 0.1) is 17.8 Å². The maximum absolute atomic E-state index is 12.1. The lowest BCUT2D eigenvalue weighted by Gasteiger charge is -2.21. The molecule has 1 rings (SSSR count). The Kier molecular flexibility index (Phi) is 12.0. The van der Waals surface area contributed by atoms with Crippen molar-refractivity contribution in [3.8, 4) is 0 Å². The van der Waals surface area contributed by atoms with E-state index in [1.165, 1.54) is 7.11 Å². The highest BCUT2D eigenvalue weighted by Gasteiger charge is 2.22. The number of rotatable bonds is 2. The molecule has 0 fully saturated rings. The molecule has 0 saturated carbocycles. The Hall–Kier alpha value is -2.19. The van der Waals surface area contributed by atoms with Gasteiger partial charge in [0.1, 0.15) is 19.8 Å². The van der Waals surface area contributed by atoms with E-state index < -0.39 is 17.9 Å². The van der Waals surface area contributed by atoms with Crippen LogP contribution in [0.2, 0.25) is 0 Å². The molecule has 5 atom stereocenters. The average molecular weight is 427 g/mol. The summed E-state index contributed by atoms with van der Waals surface area (Å²) in [5.41, 5.74) is 0. The van der Waals surface area contributed by atoms with Crippen molar-refractivity contribution < 1.29 is 38.1 Å². The van der Waals surface area contributed by atoms with Crippen LogP contribution in [0.15, 0.2) is 24.3 Å². The zero-order valence-electron chi connectivity index (χ0n) is 18.5. The molecule has 8 heteroatoms. The number of carbonyl (C=O) groups is 3. The largest absolute Gasteiger partial charge is 0.465 e. The van der Waals surface area contributed by atoms with Crippen LogP contribution in [0.1, 0.15) is 33.6 Å². The summed E-state index contributed by atoms with van der Waals surface area (Å²) in [6.45, 7) is 5.56. The van der Waals surface area contributed by atoms with Gasteiger partial charge in [-0.15, -0.1) is 0 Å². The molecule has 0 N–H and O–H groups in total. The molecule has 0 saturated heterocycles. The topological polar surface area (TPSA) is 97.4 Å². The van der Waals surface area contributed by atoms with Gasteiger partial charge in [0.15, 0.2) is 0 Å². The van der Waals surface area contributed by atoms with Gasteiger partial charge in [-0.05, 0) is 6.92 Å². The fourth-order valence-corrected chi connectivity index (χ4v) is 2.76. The Labute approximate surface area is 178 Å². The number of hydrogen-bond donors (Lipinski definition) is 0. The molecule has 1 aliphatic heterocycles. The normalized spacial score (nSPS) is 33.0. The first-order chi connectivity index (χ1) is 14.3. The van der Waals surface area contributed by atoms with E-state index in [1.807, 2.05) is 26.0 Å². The molecule has 1 heterocycles. The Morgan fingerprint density at radius 1 is 0.733 bits per heavy atom. The molecule has 0 unspecified atom stereocenters. The molecule has 0 aromatic rings. The van der Waals surface area contributed by atoms with E-state index in [0.29, 0.717) is 0 Å². The highest BCUT2D eigenvalue weighted by atomic mass is 16.6. The van der Waals surface area contributed by atoms with Crippen molar-refractivity contribution in [2.24, 2.45) is 17.8 Å². The van der Waals surface area contributed by atoms with Crippen molar-refractivity contribution in [2.75, 3.05) is 34.0 Å². The van der Waals surface area contributed by atoms with Crippen molar-refractivity contribution in [3.05, 3.63) is 24.3 Å². The van der Waals surface area contributed by atoms with Gasteiger partial charge in [0.25, 0.3) is 0 Å². The maximum Gasteiger partial charge on any atom is 0.312 e. The molecule has 170 valence electrons. The minimum Gasteiger partial charge on any atom is -0.465 e. The highest BCUT2D eigenvalue weighted by Crippen LogP contribution is 2.13. The minimum atomic E-state index is -0.585. The van der Waals surface area contributed by atoms with Crippen LogP contribution in [0.4, 0.5) is 0 Å².